The summed E-state index contributed by atoms with van der Waals surface area (Å²) in [6, 6.07) is 0. The van der Waals surface area contributed by atoms with E-state index in [-0.39, 0.29) is 6.10 Å². The highest BCUT2D eigenvalue weighted by atomic mass is 16.5. The van der Waals surface area contributed by atoms with Crippen molar-refractivity contribution in [3.63, 3.8) is 0 Å². The Kier molecular flexibility index (Phi) is 4.07. The molecule has 0 N–H and O–H groups in total. The molecule has 1 aliphatic carbocycles. The first kappa shape index (κ1) is 13.2. The summed E-state index contributed by atoms with van der Waals surface area (Å²) in [5, 5.41) is 0. The Morgan fingerprint density at radius 2 is 2.00 bits per heavy atom. The SMILES string of the molecule is CO[C@H]1/C=C(/C)Cc2occ(C)c2C/C=C(/C)C1. The summed E-state index contributed by atoms with van der Waals surface area (Å²) < 4.78 is 11.2. The van der Waals surface area contributed by atoms with Gasteiger partial charge in [0.05, 0.1) is 12.4 Å². The number of rotatable bonds is 1. The molecule has 1 heterocycles. The fraction of sp³-hybridized carbons (Fsp3) is 0.500. The molecule has 1 atom stereocenters. The van der Waals surface area contributed by atoms with E-state index >= 15 is 0 Å². The van der Waals surface area contributed by atoms with E-state index in [9.17, 15) is 0 Å². The smallest absolute Gasteiger partial charge is 0.111 e. The van der Waals surface area contributed by atoms with E-state index in [1.807, 2.05) is 6.26 Å². The summed E-state index contributed by atoms with van der Waals surface area (Å²) in [4.78, 5) is 0. The molecule has 0 unspecified atom stereocenters. The van der Waals surface area contributed by atoms with Crippen molar-refractivity contribution in [2.45, 2.75) is 46.1 Å². The molecule has 0 saturated heterocycles. The van der Waals surface area contributed by atoms with Gasteiger partial charge in [0.2, 0.25) is 0 Å². The first-order chi connectivity index (χ1) is 8.60. The van der Waals surface area contributed by atoms with Crippen molar-refractivity contribution in [3.8, 4) is 0 Å². The molecule has 18 heavy (non-hydrogen) atoms. The van der Waals surface area contributed by atoms with Crippen LogP contribution in [0.2, 0.25) is 0 Å². The molecule has 2 rings (SSSR count). The van der Waals surface area contributed by atoms with Gasteiger partial charge in [0.15, 0.2) is 0 Å². The van der Waals surface area contributed by atoms with E-state index in [1.165, 1.54) is 22.3 Å². The van der Waals surface area contributed by atoms with Crippen LogP contribution in [0.15, 0.2) is 34.0 Å². The van der Waals surface area contributed by atoms with Crippen LogP contribution in [0.1, 0.15) is 37.2 Å². The van der Waals surface area contributed by atoms with Crippen LogP contribution >= 0.6 is 0 Å². The number of hydrogen-bond acceptors (Lipinski definition) is 2. The number of methoxy groups -OCH3 is 1. The molecule has 0 saturated carbocycles. The van der Waals surface area contributed by atoms with Crippen LogP contribution in [-0.4, -0.2) is 13.2 Å². The summed E-state index contributed by atoms with van der Waals surface area (Å²) in [5.41, 5.74) is 5.29. The quantitative estimate of drug-likeness (QED) is 0.699. The lowest BCUT2D eigenvalue weighted by Crippen LogP contribution is -2.10. The van der Waals surface area contributed by atoms with E-state index in [4.69, 9.17) is 9.15 Å². The molecule has 1 aromatic rings. The topological polar surface area (TPSA) is 22.4 Å². The zero-order valence-electron chi connectivity index (χ0n) is 11.7. The molecule has 2 heteroatoms. The molecule has 2 nitrogen and oxygen atoms in total. The minimum atomic E-state index is 0.179. The summed E-state index contributed by atoms with van der Waals surface area (Å²) in [7, 11) is 1.77. The van der Waals surface area contributed by atoms with Gasteiger partial charge in [-0.15, -0.1) is 0 Å². The van der Waals surface area contributed by atoms with Crippen LogP contribution in [0.5, 0.6) is 0 Å². The molecular formula is C16H22O2. The number of fused-ring (bicyclic) bond motifs is 1. The molecule has 0 fully saturated rings. The van der Waals surface area contributed by atoms with Crippen molar-refractivity contribution in [2.24, 2.45) is 0 Å². The molecule has 0 bridgehead atoms. The van der Waals surface area contributed by atoms with Gasteiger partial charge in [-0.3, -0.25) is 0 Å². The van der Waals surface area contributed by atoms with Gasteiger partial charge in [-0.1, -0.05) is 23.3 Å². The van der Waals surface area contributed by atoms with Crippen LogP contribution in [-0.2, 0) is 17.6 Å². The van der Waals surface area contributed by atoms with Gasteiger partial charge in [0.1, 0.15) is 5.76 Å². The van der Waals surface area contributed by atoms with E-state index in [1.54, 1.807) is 7.11 Å². The predicted octanol–water partition coefficient (Wildman–Crippen LogP) is 3.98. The van der Waals surface area contributed by atoms with Crippen LogP contribution in [0, 0.1) is 6.92 Å². The highest BCUT2D eigenvalue weighted by molar-refractivity contribution is 5.33. The van der Waals surface area contributed by atoms with E-state index in [0.717, 1.165) is 25.0 Å². The van der Waals surface area contributed by atoms with Crippen molar-refractivity contribution in [1.29, 1.82) is 0 Å². The lowest BCUT2D eigenvalue weighted by Gasteiger charge is -2.15. The van der Waals surface area contributed by atoms with Gasteiger partial charge in [-0.25, -0.2) is 0 Å². The number of furan rings is 1. The Hall–Kier alpha value is -1.28. The maximum Gasteiger partial charge on any atom is 0.111 e. The molecule has 1 aromatic heterocycles. The van der Waals surface area contributed by atoms with Crippen molar-refractivity contribution >= 4 is 0 Å². The minimum Gasteiger partial charge on any atom is -0.468 e. The van der Waals surface area contributed by atoms with Crippen LogP contribution in [0.4, 0.5) is 0 Å². The Bertz CT molecular complexity index is 477. The average molecular weight is 246 g/mol. The molecule has 0 radical (unpaired) electrons. The third-order valence-corrected chi connectivity index (χ3v) is 3.58. The van der Waals surface area contributed by atoms with Gasteiger partial charge < -0.3 is 9.15 Å². The number of ether oxygens (including phenoxy) is 1. The normalized spacial score (nSPS) is 26.8. The zero-order chi connectivity index (χ0) is 13.1. The van der Waals surface area contributed by atoms with Gasteiger partial charge >= 0.3 is 0 Å². The Labute approximate surface area is 109 Å². The lowest BCUT2D eigenvalue weighted by atomic mass is 9.97. The first-order valence-electron chi connectivity index (χ1n) is 6.51. The second kappa shape index (κ2) is 5.57. The summed E-state index contributed by atoms with van der Waals surface area (Å²) in [6.07, 6.45) is 9.38. The van der Waals surface area contributed by atoms with Gasteiger partial charge in [0, 0.05) is 19.1 Å². The molecule has 0 aliphatic heterocycles. The number of allylic oxidation sites excluding steroid dienone is 2. The largest absolute Gasteiger partial charge is 0.468 e. The zero-order valence-corrected chi connectivity index (χ0v) is 11.7. The Morgan fingerprint density at radius 1 is 1.22 bits per heavy atom. The van der Waals surface area contributed by atoms with Gasteiger partial charge in [-0.05, 0) is 39.2 Å². The van der Waals surface area contributed by atoms with Crippen LogP contribution in [0.25, 0.3) is 0 Å². The van der Waals surface area contributed by atoms with Crippen molar-refractivity contribution in [2.75, 3.05) is 7.11 Å². The summed E-state index contributed by atoms with van der Waals surface area (Å²) in [6.45, 7) is 6.44. The third-order valence-electron chi connectivity index (χ3n) is 3.58. The summed E-state index contributed by atoms with van der Waals surface area (Å²) >= 11 is 0. The van der Waals surface area contributed by atoms with Crippen molar-refractivity contribution in [3.05, 3.63) is 46.4 Å². The molecule has 0 amide bonds. The second-order valence-electron chi connectivity index (χ2n) is 5.24. The van der Waals surface area contributed by atoms with Crippen LogP contribution < -0.4 is 0 Å². The molecule has 0 aromatic carbocycles. The average Bonchev–Trinajstić information content (AvgIpc) is 2.66. The number of hydrogen-bond donors (Lipinski definition) is 0. The third kappa shape index (κ3) is 2.94. The molecular weight excluding hydrogens is 224 g/mol. The fourth-order valence-corrected chi connectivity index (χ4v) is 2.46. The van der Waals surface area contributed by atoms with E-state index in [2.05, 4.69) is 32.9 Å². The fourth-order valence-electron chi connectivity index (χ4n) is 2.46. The maximum atomic E-state index is 5.68. The molecule has 0 spiro atoms. The highest BCUT2D eigenvalue weighted by Gasteiger charge is 2.14. The lowest BCUT2D eigenvalue weighted by molar-refractivity contribution is 0.140. The highest BCUT2D eigenvalue weighted by Crippen LogP contribution is 2.24. The molecule has 1 aliphatic rings. The Balaban J connectivity index is 2.37. The standard InChI is InChI=1S/C16H22O2/c1-11-5-6-15-13(3)10-18-16(15)9-12(2)8-14(7-11)17-4/h5,8,10,14H,6-7,9H2,1-4H3/b11-5-,12-8-/t14-/m1/s1. The number of aryl methyl sites for hydroxylation is 1. The van der Waals surface area contributed by atoms with Crippen molar-refractivity contribution < 1.29 is 9.15 Å². The molecule has 98 valence electrons. The van der Waals surface area contributed by atoms with Crippen LogP contribution in [0.3, 0.4) is 0 Å². The maximum absolute atomic E-state index is 5.68. The van der Waals surface area contributed by atoms with Gasteiger partial charge in [0.25, 0.3) is 0 Å². The second-order valence-corrected chi connectivity index (χ2v) is 5.24. The summed E-state index contributed by atoms with van der Waals surface area (Å²) in [5.74, 6) is 1.10. The van der Waals surface area contributed by atoms with Gasteiger partial charge in [-0.2, -0.15) is 0 Å². The minimum absolute atomic E-state index is 0.179. The van der Waals surface area contributed by atoms with Crippen molar-refractivity contribution in [1.82, 2.24) is 0 Å². The van der Waals surface area contributed by atoms with E-state index in [0.29, 0.717) is 0 Å². The monoisotopic (exact) mass is 246 g/mol. The first-order valence-corrected chi connectivity index (χ1v) is 6.51. The predicted molar refractivity (Wildman–Crippen MR) is 73.8 cm³/mol. The van der Waals surface area contributed by atoms with E-state index < -0.39 is 0 Å². The Morgan fingerprint density at radius 3 is 2.72 bits per heavy atom.